The molecule has 2 aromatic rings. The van der Waals surface area contributed by atoms with Crippen LogP contribution in [0.25, 0.3) is 10.9 Å². The molecule has 15 heavy (non-hydrogen) atoms. The molecule has 0 spiro atoms. The first-order chi connectivity index (χ1) is 7.00. The Kier molecular flexibility index (Phi) is 2.56. The summed E-state index contributed by atoms with van der Waals surface area (Å²) in [4.78, 5) is 7.48. The zero-order valence-corrected chi connectivity index (χ0v) is 9.19. The van der Waals surface area contributed by atoms with E-state index in [1.165, 1.54) is 0 Å². The first-order valence-electron chi connectivity index (χ1n) is 4.08. The topological polar surface area (TPSA) is 25.8 Å². The number of benzene rings is 1. The zero-order chi connectivity index (χ0) is 11.2. The van der Waals surface area contributed by atoms with E-state index in [-0.39, 0.29) is 21.4 Å². The minimum Gasteiger partial charge on any atom is -0.215 e. The smallest absolute Gasteiger partial charge is 0.215 e. The molecule has 0 N–H and O–H groups in total. The second kappa shape index (κ2) is 3.61. The van der Waals surface area contributed by atoms with Gasteiger partial charge < -0.3 is 0 Å². The molecule has 0 amide bonds. The van der Waals surface area contributed by atoms with Gasteiger partial charge in [-0.3, -0.25) is 0 Å². The van der Waals surface area contributed by atoms with Gasteiger partial charge in [-0.1, -0.05) is 22.6 Å². The zero-order valence-electron chi connectivity index (χ0n) is 7.68. The van der Waals surface area contributed by atoms with Gasteiger partial charge in [0.15, 0.2) is 0 Å². The van der Waals surface area contributed by atoms with E-state index in [0.29, 0.717) is 10.9 Å². The number of rotatable bonds is 0. The number of fused-ring (bicyclic) bond motifs is 1. The average Bonchev–Trinajstić information content (AvgIpc) is 2.17. The molecule has 2 rings (SSSR count). The fourth-order valence-electron chi connectivity index (χ4n) is 1.31. The molecule has 0 saturated carbocycles. The largest absolute Gasteiger partial charge is 0.224 e. The van der Waals surface area contributed by atoms with Crippen LogP contribution >= 0.6 is 23.2 Å². The normalized spacial score (nSPS) is 10.9. The van der Waals surface area contributed by atoms with Gasteiger partial charge in [0.1, 0.15) is 24.3 Å². The summed E-state index contributed by atoms with van der Waals surface area (Å²) < 4.78 is 13.7. The van der Waals surface area contributed by atoms with Crippen molar-refractivity contribution in [2.24, 2.45) is 0 Å². The third-order valence-corrected chi connectivity index (χ3v) is 2.56. The lowest BCUT2D eigenvalue weighted by Crippen LogP contribution is -2.14. The van der Waals surface area contributed by atoms with Crippen LogP contribution < -0.4 is 5.46 Å². The fraction of sp³-hybridized carbons (Fsp3) is 0.111. The maximum atomic E-state index is 13.7. The maximum Gasteiger partial charge on any atom is 0.224 e. The van der Waals surface area contributed by atoms with Crippen LogP contribution in [0, 0.1) is 12.7 Å². The lowest BCUT2D eigenvalue weighted by molar-refractivity contribution is 0.643. The van der Waals surface area contributed by atoms with E-state index in [9.17, 15) is 4.39 Å². The van der Waals surface area contributed by atoms with Gasteiger partial charge in [-0.05, 0) is 24.6 Å². The minimum atomic E-state index is -0.615. The number of nitrogens with zero attached hydrogens (tertiary/aromatic N) is 2. The summed E-state index contributed by atoms with van der Waals surface area (Å²) in [5.74, 6) is -0.615. The molecule has 2 radical (unpaired) electrons. The molecule has 0 saturated heterocycles. The summed E-state index contributed by atoms with van der Waals surface area (Å²) >= 11 is 11.4. The Bertz CT molecular complexity index is 560. The molecular weight excluding hydrogens is 237 g/mol. The monoisotopic (exact) mass is 240 g/mol. The molecule has 0 bridgehead atoms. The lowest BCUT2D eigenvalue weighted by Gasteiger charge is -2.07. The van der Waals surface area contributed by atoms with Gasteiger partial charge in [0.05, 0.1) is 0 Å². The Morgan fingerprint density at radius 1 is 1.33 bits per heavy atom. The third-order valence-electron chi connectivity index (χ3n) is 2.10. The predicted molar refractivity (Wildman–Crippen MR) is 59.6 cm³/mol. The van der Waals surface area contributed by atoms with Crippen LogP contribution in [0.3, 0.4) is 0 Å². The van der Waals surface area contributed by atoms with Crippen molar-refractivity contribution < 1.29 is 4.39 Å². The Labute approximate surface area is 96.8 Å². The number of aryl methyl sites for hydroxylation is 1. The van der Waals surface area contributed by atoms with Crippen LogP contribution in [0.1, 0.15) is 5.56 Å². The first kappa shape index (κ1) is 10.6. The van der Waals surface area contributed by atoms with Gasteiger partial charge in [-0.15, -0.1) is 0 Å². The molecular formula is C9H4BCl2FN2. The highest BCUT2D eigenvalue weighted by Gasteiger charge is 2.12. The van der Waals surface area contributed by atoms with Crippen LogP contribution in [-0.2, 0) is 0 Å². The number of hydrogen-bond acceptors (Lipinski definition) is 2. The molecule has 0 aliphatic rings. The van der Waals surface area contributed by atoms with Gasteiger partial charge in [0.2, 0.25) is 5.28 Å². The molecule has 0 aliphatic carbocycles. The third kappa shape index (κ3) is 1.68. The fourth-order valence-corrected chi connectivity index (χ4v) is 1.74. The standard InChI is InChI=1S/C9H4BCl2FN2/c1-3-2-4-7(6(13)5(3)10)14-9(12)15-8(4)11/h2H,1H3. The number of halogens is 3. The molecule has 0 unspecified atom stereocenters. The molecule has 0 fully saturated rings. The summed E-state index contributed by atoms with van der Waals surface area (Å²) in [5, 5.41) is 0.423. The Hall–Kier alpha value is -0.865. The van der Waals surface area contributed by atoms with Crippen molar-refractivity contribution in [1.29, 1.82) is 0 Å². The summed E-state index contributed by atoms with van der Waals surface area (Å²) in [6.45, 7) is 1.68. The number of hydrogen-bond donors (Lipinski definition) is 0. The van der Waals surface area contributed by atoms with Crippen molar-refractivity contribution in [2.75, 3.05) is 0 Å². The Morgan fingerprint density at radius 3 is 2.67 bits per heavy atom. The molecule has 74 valence electrons. The summed E-state index contributed by atoms with van der Waals surface area (Å²) in [6, 6.07) is 1.63. The molecule has 1 heterocycles. The summed E-state index contributed by atoms with van der Waals surface area (Å²) in [6.07, 6.45) is 0. The molecule has 2 nitrogen and oxygen atoms in total. The van der Waals surface area contributed by atoms with Crippen molar-refractivity contribution in [3.63, 3.8) is 0 Å². The van der Waals surface area contributed by atoms with E-state index >= 15 is 0 Å². The minimum absolute atomic E-state index is 0.0445. The highest BCUT2D eigenvalue weighted by atomic mass is 35.5. The maximum absolute atomic E-state index is 13.7. The molecule has 1 aromatic carbocycles. The second-order valence-electron chi connectivity index (χ2n) is 3.10. The second-order valence-corrected chi connectivity index (χ2v) is 3.80. The van der Waals surface area contributed by atoms with Gasteiger partial charge in [0.25, 0.3) is 0 Å². The Balaban J connectivity index is 2.98. The van der Waals surface area contributed by atoms with Crippen molar-refractivity contribution in [1.82, 2.24) is 9.97 Å². The van der Waals surface area contributed by atoms with Gasteiger partial charge >= 0.3 is 0 Å². The highest BCUT2D eigenvalue weighted by Crippen LogP contribution is 2.24. The van der Waals surface area contributed by atoms with Crippen LogP contribution in [-0.4, -0.2) is 17.8 Å². The van der Waals surface area contributed by atoms with E-state index in [1.54, 1.807) is 13.0 Å². The first-order valence-corrected chi connectivity index (χ1v) is 4.83. The van der Waals surface area contributed by atoms with E-state index < -0.39 is 5.82 Å². The van der Waals surface area contributed by atoms with Gasteiger partial charge in [-0.2, -0.15) is 0 Å². The quantitative estimate of drug-likeness (QED) is 0.401. The van der Waals surface area contributed by atoms with Gasteiger partial charge in [0, 0.05) is 5.39 Å². The van der Waals surface area contributed by atoms with E-state index in [2.05, 4.69) is 9.97 Å². The van der Waals surface area contributed by atoms with Crippen molar-refractivity contribution in [3.05, 3.63) is 27.9 Å². The van der Waals surface area contributed by atoms with Crippen molar-refractivity contribution in [2.45, 2.75) is 6.92 Å². The van der Waals surface area contributed by atoms with E-state index in [0.717, 1.165) is 0 Å². The van der Waals surface area contributed by atoms with Crippen LogP contribution in [0.4, 0.5) is 4.39 Å². The average molecular weight is 241 g/mol. The molecule has 6 heteroatoms. The molecule has 0 atom stereocenters. The van der Waals surface area contributed by atoms with Crippen LogP contribution in [0.5, 0.6) is 0 Å². The number of aromatic nitrogens is 2. The van der Waals surface area contributed by atoms with E-state index in [1.807, 2.05) is 0 Å². The van der Waals surface area contributed by atoms with Crippen molar-refractivity contribution in [3.8, 4) is 0 Å². The lowest BCUT2D eigenvalue weighted by atomic mass is 9.89. The van der Waals surface area contributed by atoms with Crippen LogP contribution in [0.2, 0.25) is 10.4 Å². The SMILES string of the molecule is [B]c1c(C)cc2c(Cl)nc(Cl)nc2c1F. The summed E-state index contributed by atoms with van der Waals surface area (Å²) in [7, 11) is 5.53. The van der Waals surface area contributed by atoms with Crippen molar-refractivity contribution >= 4 is 47.4 Å². The highest BCUT2D eigenvalue weighted by molar-refractivity contribution is 6.37. The molecule has 0 aliphatic heterocycles. The van der Waals surface area contributed by atoms with E-state index in [4.69, 9.17) is 31.0 Å². The predicted octanol–water partition coefficient (Wildman–Crippen LogP) is 2.18. The Morgan fingerprint density at radius 2 is 2.00 bits per heavy atom. The molecule has 1 aromatic heterocycles. The summed E-state index contributed by atoms with van der Waals surface area (Å²) in [5.41, 5.74) is 0.684. The van der Waals surface area contributed by atoms with Crippen LogP contribution in [0.15, 0.2) is 6.07 Å². The van der Waals surface area contributed by atoms with Gasteiger partial charge in [-0.25, -0.2) is 14.4 Å².